The van der Waals surface area contributed by atoms with Crippen LogP contribution in [0.25, 0.3) is 11.1 Å². The molecule has 2 aromatic carbocycles. The first-order chi connectivity index (χ1) is 13.9. The summed E-state index contributed by atoms with van der Waals surface area (Å²) in [6, 6.07) is 15.6. The molecule has 0 fully saturated rings. The van der Waals surface area contributed by atoms with E-state index in [0.717, 1.165) is 16.2 Å². The van der Waals surface area contributed by atoms with E-state index in [1.165, 1.54) is 25.3 Å². The van der Waals surface area contributed by atoms with E-state index in [-0.39, 0.29) is 24.3 Å². The van der Waals surface area contributed by atoms with Gasteiger partial charge in [0.15, 0.2) is 0 Å². The first-order valence-corrected chi connectivity index (χ1v) is 9.85. The molecule has 0 saturated heterocycles. The lowest BCUT2D eigenvalue weighted by molar-refractivity contribution is -0.171. The average molecular weight is 396 g/mol. The Hall–Kier alpha value is -2.86. The van der Waals surface area contributed by atoms with Crippen LogP contribution < -0.4 is 5.32 Å². The molecule has 0 bridgehead atoms. The number of alkyl carbamates (subject to hydrolysis) is 1. The van der Waals surface area contributed by atoms with Crippen molar-refractivity contribution in [2.24, 2.45) is 5.92 Å². The molecule has 3 rings (SSSR count). The van der Waals surface area contributed by atoms with Crippen molar-refractivity contribution in [1.82, 2.24) is 10.4 Å². The van der Waals surface area contributed by atoms with Gasteiger partial charge in [-0.15, -0.1) is 0 Å². The SMILES string of the molecule is CON(C)C(=O)[C@@H](CC(C)C)NC(=O)OCC1c2ccccc2-c2ccccc21. The summed E-state index contributed by atoms with van der Waals surface area (Å²) in [6.45, 7) is 4.20. The smallest absolute Gasteiger partial charge is 0.407 e. The highest BCUT2D eigenvalue weighted by Gasteiger charge is 2.30. The number of likely N-dealkylation sites (N-methyl/N-ethyl adjacent to an activating group) is 1. The maximum absolute atomic E-state index is 12.5. The molecule has 6 heteroatoms. The highest BCUT2D eigenvalue weighted by atomic mass is 16.7. The molecular formula is C23H28N2O4. The van der Waals surface area contributed by atoms with E-state index in [0.29, 0.717) is 6.42 Å². The van der Waals surface area contributed by atoms with E-state index in [2.05, 4.69) is 29.6 Å². The second kappa shape index (κ2) is 9.09. The molecule has 0 saturated carbocycles. The summed E-state index contributed by atoms with van der Waals surface area (Å²) in [5.74, 6) is -0.105. The number of hydrogen-bond donors (Lipinski definition) is 1. The molecule has 6 nitrogen and oxygen atoms in total. The molecule has 1 atom stereocenters. The maximum atomic E-state index is 12.5. The Bertz CT molecular complexity index is 835. The first-order valence-electron chi connectivity index (χ1n) is 9.85. The second-order valence-corrected chi connectivity index (χ2v) is 7.67. The summed E-state index contributed by atoms with van der Waals surface area (Å²) in [4.78, 5) is 29.9. The van der Waals surface area contributed by atoms with Crippen molar-refractivity contribution in [3.05, 3.63) is 59.7 Å². The minimum Gasteiger partial charge on any atom is -0.449 e. The molecule has 0 spiro atoms. The number of rotatable bonds is 7. The van der Waals surface area contributed by atoms with Gasteiger partial charge in [-0.05, 0) is 34.6 Å². The number of amides is 2. The molecule has 0 unspecified atom stereocenters. The monoisotopic (exact) mass is 396 g/mol. The van der Waals surface area contributed by atoms with Crippen LogP contribution in [-0.2, 0) is 14.4 Å². The number of carbonyl (C=O) groups is 2. The fourth-order valence-electron chi connectivity index (χ4n) is 3.78. The van der Waals surface area contributed by atoms with Crippen LogP contribution in [0.1, 0.15) is 37.3 Å². The summed E-state index contributed by atoms with van der Waals surface area (Å²) in [6.07, 6.45) is -0.105. The number of hydrogen-bond acceptors (Lipinski definition) is 4. The molecule has 1 N–H and O–H groups in total. The Morgan fingerprint density at radius 1 is 1.03 bits per heavy atom. The van der Waals surface area contributed by atoms with E-state index in [1.54, 1.807) is 0 Å². The number of ether oxygens (including phenoxy) is 1. The van der Waals surface area contributed by atoms with Gasteiger partial charge in [0.1, 0.15) is 12.6 Å². The van der Waals surface area contributed by atoms with Gasteiger partial charge < -0.3 is 10.1 Å². The van der Waals surface area contributed by atoms with Crippen LogP contribution in [-0.4, -0.2) is 43.9 Å². The lowest BCUT2D eigenvalue weighted by Crippen LogP contribution is -2.48. The van der Waals surface area contributed by atoms with Crippen LogP contribution in [0.4, 0.5) is 4.79 Å². The molecular weight excluding hydrogens is 368 g/mol. The predicted octanol–water partition coefficient (Wildman–Crippen LogP) is 3.96. The summed E-state index contributed by atoms with van der Waals surface area (Å²) in [5.41, 5.74) is 4.64. The van der Waals surface area contributed by atoms with Gasteiger partial charge in [-0.1, -0.05) is 62.4 Å². The Labute approximate surface area is 171 Å². The second-order valence-electron chi connectivity index (χ2n) is 7.67. The zero-order valence-electron chi connectivity index (χ0n) is 17.3. The van der Waals surface area contributed by atoms with Gasteiger partial charge in [-0.2, -0.15) is 0 Å². The van der Waals surface area contributed by atoms with Gasteiger partial charge in [0, 0.05) is 13.0 Å². The van der Waals surface area contributed by atoms with E-state index in [1.807, 2.05) is 38.1 Å². The van der Waals surface area contributed by atoms with Crippen molar-refractivity contribution >= 4 is 12.0 Å². The molecule has 2 amide bonds. The number of fused-ring (bicyclic) bond motifs is 3. The van der Waals surface area contributed by atoms with Crippen LogP contribution in [0.2, 0.25) is 0 Å². The van der Waals surface area contributed by atoms with Crippen LogP contribution >= 0.6 is 0 Å². The van der Waals surface area contributed by atoms with Crippen molar-refractivity contribution in [1.29, 1.82) is 0 Å². The third-order valence-electron chi connectivity index (χ3n) is 5.23. The first kappa shape index (κ1) is 20.9. The maximum Gasteiger partial charge on any atom is 0.407 e. The molecule has 29 heavy (non-hydrogen) atoms. The van der Waals surface area contributed by atoms with Crippen LogP contribution in [0.15, 0.2) is 48.5 Å². The molecule has 2 aromatic rings. The predicted molar refractivity (Wildman–Crippen MR) is 111 cm³/mol. The molecule has 1 aliphatic carbocycles. The van der Waals surface area contributed by atoms with Crippen LogP contribution in [0.5, 0.6) is 0 Å². The zero-order chi connectivity index (χ0) is 21.0. The van der Waals surface area contributed by atoms with Crippen molar-refractivity contribution in [3.8, 4) is 11.1 Å². The van der Waals surface area contributed by atoms with Gasteiger partial charge >= 0.3 is 6.09 Å². The van der Waals surface area contributed by atoms with Gasteiger partial charge in [0.2, 0.25) is 0 Å². The van der Waals surface area contributed by atoms with Crippen molar-refractivity contribution in [2.75, 3.05) is 20.8 Å². The topological polar surface area (TPSA) is 67.9 Å². The third kappa shape index (κ3) is 4.59. The Morgan fingerprint density at radius 3 is 2.10 bits per heavy atom. The van der Waals surface area contributed by atoms with Crippen molar-refractivity contribution in [3.63, 3.8) is 0 Å². The van der Waals surface area contributed by atoms with E-state index < -0.39 is 12.1 Å². The Balaban J connectivity index is 1.69. The largest absolute Gasteiger partial charge is 0.449 e. The van der Waals surface area contributed by atoms with Crippen LogP contribution in [0.3, 0.4) is 0 Å². The quantitative estimate of drug-likeness (QED) is 0.720. The zero-order valence-corrected chi connectivity index (χ0v) is 17.3. The standard InChI is InChI=1S/C23H28N2O4/c1-15(2)13-21(22(26)25(3)28-4)24-23(27)29-14-20-18-11-7-5-9-16(18)17-10-6-8-12-19(17)20/h5-12,15,20-21H,13-14H2,1-4H3,(H,24,27)/t21-/m1/s1. The van der Waals surface area contributed by atoms with Gasteiger partial charge in [-0.3, -0.25) is 9.63 Å². The number of benzene rings is 2. The number of hydroxylamine groups is 2. The van der Waals surface area contributed by atoms with Crippen molar-refractivity contribution < 1.29 is 19.2 Å². The molecule has 154 valence electrons. The molecule has 0 aromatic heterocycles. The third-order valence-corrected chi connectivity index (χ3v) is 5.23. The fourth-order valence-corrected chi connectivity index (χ4v) is 3.78. The average Bonchev–Trinajstić information content (AvgIpc) is 3.04. The lowest BCUT2D eigenvalue weighted by Gasteiger charge is -2.24. The highest BCUT2D eigenvalue weighted by Crippen LogP contribution is 2.44. The summed E-state index contributed by atoms with van der Waals surface area (Å²) < 4.78 is 5.55. The molecule has 0 aliphatic heterocycles. The summed E-state index contributed by atoms with van der Waals surface area (Å²) >= 11 is 0. The van der Waals surface area contributed by atoms with E-state index in [9.17, 15) is 9.59 Å². The van der Waals surface area contributed by atoms with Gasteiger partial charge in [0.25, 0.3) is 5.91 Å². The van der Waals surface area contributed by atoms with Gasteiger partial charge in [-0.25, -0.2) is 9.86 Å². The highest BCUT2D eigenvalue weighted by molar-refractivity contribution is 5.85. The minimum atomic E-state index is -0.699. The van der Waals surface area contributed by atoms with Crippen molar-refractivity contribution in [2.45, 2.75) is 32.2 Å². The van der Waals surface area contributed by atoms with Crippen LogP contribution in [0, 0.1) is 5.92 Å². The van der Waals surface area contributed by atoms with E-state index >= 15 is 0 Å². The fraction of sp³-hybridized carbons (Fsp3) is 0.391. The van der Waals surface area contributed by atoms with Gasteiger partial charge in [0.05, 0.1) is 7.11 Å². The minimum absolute atomic E-state index is 0.0194. The Morgan fingerprint density at radius 2 is 1.59 bits per heavy atom. The Kier molecular flexibility index (Phi) is 6.54. The lowest BCUT2D eigenvalue weighted by atomic mass is 9.98. The summed E-state index contributed by atoms with van der Waals surface area (Å²) in [7, 11) is 2.94. The molecule has 0 radical (unpaired) electrons. The summed E-state index contributed by atoms with van der Waals surface area (Å²) in [5, 5.41) is 3.82. The number of carbonyl (C=O) groups excluding carboxylic acids is 2. The molecule has 0 heterocycles. The normalized spacial score (nSPS) is 13.6. The molecule has 1 aliphatic rings. The number of nitrogens with one attached hydrogen (secondary N) is 1. The van der Waals surface area contributed by atoms with E-state index in [4.69, 9.17) is 9.57 Å². The number of nitrogens with zero attached hydrogens (tertiary/aromatic N) is 1.